The number of fused-ring (bicyclic) bond motifs is 5. The molecule has 138 valence electrons. The molecule has 4 aliphatic rings. The lowest BCUT2D eigenvalue weighted by Crippen LogP contribution is -2.12. The highest BCUT2D eigenvalue weighted by Crippen LogP contribution is 2.51. The van der Waals surface area contributed by atoms with Gasteiger partial charge in [-0.2, -0.15) is 0 Å². The maximum Gasteiger partial charge on any atom is 0.0242 e. The molecule has 0 bridgehead atoms. The van der Waals surface area contributed by atoms with E-state index in [1.807, 2.05) is 0 Å². The summed E-state index contributed by atoms with van der Waals surface area (Å²) in [5.41, 5.74) is 13.9. The Morgan fingerprint density at radius 1 is 0.821 bits per heavy atom. The van der Waals surface area contributed by atoms with Gasteiger partial charge in [-0.1, -0.05) is 77.9 Å². The molecule has 1 atom stereocenters. The molecule has 0 saturated carbocycles. The third-order valence-corrected chi connectivity index (χ3v) is 7.34. The van der Waals surface area contributed by atoms with Gasteiger partial charge in [-0.15, -0.1) is 0 Å². The summed E-state index contributed by atoms with van der Waals surface area (Å²) in [4.78, 5) is 0. The zero-order chi connectivity index (χ0) is 18.7. The van der Waals surface area contributed by atoms with Crippen LogP contribution in [0.1, 0.15) is 56.1 Å². The van der Waals surface area contributed by atoms with Crippen molar-refractivity contribution in [3.63, 3.8) is 0 Å². The minimum absolute atomic E-state index is 0.479. The van der Waals surface area contributed by atoms with Crippen LogP contribution in [0.25, 0.3) is 11.1 Å². The first-order valence-electron chi connectivity index (χ1n) is 10.8. The third kappa shape index (κ3) is 2.30. The number of allylic oxidation sites excluding steroid dienone is 8. The lowest BCUT2D eigenvalue weighted by atomic mass is 9.77. The molecule has 0 fully saturated rings. The summed E-state index contributed by atoms with van der Waals surface area (Å²) >= 11 is 0. The van der Waals surface area contributed by atoms with Crippen molar-refractivity contribution in [3.8, 4) is 11.1 Å². The summed E-state index contributed by atoms with van der Waals surface area (Å²) in [6, 6.07) is 18.0. The maximum absolute atomic E-state index is 2.56. The Kier molecular flexibility index (Phi) is 3.63. The Morgan fingerprint density at radius 3 is 2.25 bits per heavy atom. The molecule has 0 nitrogen and oxygen atoms in total. The second-order valence-electron chi connectivity index (χ2n) is 8.78. The van der Waals surface area contributed by atoms with Crippen molar-refractivity contribution in [2.75, 3.05) is 0 Å². The van der Waals surface area contributed by atoms with Gasteiger partial charge in [0.2, 0.25) is 0 Å². The van der Waals surface area contributed by atoms with Crippen molar-refractivity contribution in [1.29, 1.82) is 0 Å². The number of hydrogen-bond acceptors (Lipinski definition) is 0. The molecule has 2 aromatic carbocycles. The van der Waals surface area contributed by atoms with Crippen LogP contribution in [-0.4, -0.2) is 0 Å². The van der Waals surface area contributed by atoms with E-state index in [9.17, 15) is 0 Å². The molecule has 0 aliphatic heterocycles. The highest BCUT2D eigenvalue weighted by molar-refractivity contribution is 5.79. The van der Waals surface area contributed by atoms with Gasteiger partial charge in [0, 0.05) is 11.8 Å². The maximum atomic E-state index is 2.56. The molecule has 1 unspecified atom stereocenters. The van der Waals surface area contributed by atoms with E-state index in [4.69, 9.17) is 0 Å². The molecule has 4 aliphatic carbocycles. The van der Waals surface area contributed by atoms with Crippen molar-refractivity contribution in [2.45, 2.75) is 44.9 Å². The first kappa shape index (κ1) is 16.4. The van der Waals surface area contributed by atoms with Gasteiger partial charge < -0.3 is 0 Å². The molecule has 0 aromatic heterocycles. The van der Waals surface area contributed by atoms with E-state index in [2.05, 4.69) is 73.7 Å². The standard InChI is InChI=1S/C28H26/c1-18-16-27-20-9-3-2-8-19(20)14-15-25(27)26(18)17-28-23-12-6-4-10-21(23)22-11-5-7-13-24(22)28/h4-7,10-16,27-28H,2-3,8-9,17H2,1H3. The summed E-state index contributed by atoms with van der Waals surface area (Å²) in [5.74, 6) is 1.04. The average molecular weight is 363 g/mol. The molecule has 0 heteroatoms. The number of hydrogen-bond donors (Lipinski definition) is 0. The van der Waals surface area contributed by atoms with E-state index in [0.29, 0.717) is 11.8 Å². The normalized spacial score (nSPS) is 22.8. The van der Waals surface area contributed by atoms with E-state index >= 15 is 0 Å². The molecule has 0 heterocycles. The molecule has 0 spiro atoms. The van der Waals surface area contributed by atoms with E-state index < -0.39 is 0 Å². The second-order valence-corrected chi connectivity index (χ2v) is 8.78. The predicted molar refractivity (Wildman–Crippen MR) is 117 cm³/mol. The fourth-order valence-corrected chi connectivity index (χ4v) is 6.00. The Bertz CT molecular complexity index is 1060. The molecular formula is C28H26. The van der Waals surface area contributed by atoms with Gasteiger partial charge in [-0.25, -0.2) is 0 Å². The van der Waals surface area contributed by atoms with Crippen LogP contribution in [0, 0.1) is 5.92 Å². The third-order valence-electron chi connectivity index (χ3n) is 7.34. The fourth-order valence-electron chi connectivity index (χ4n) is 6.00. The van der Waals surface area contributed by atoms with E-state index in [0.717, 1.165) is 6.42 Å². The summed E-state index contributed by atoms with van der Waals surface area (Å²) in [7, 11) is 0. The van der Waals surface area contributed by atoms with Crippen molar-refractivity contribution in [3.05, 3.63) is 106 Å². The fraction of sp³-hybridized carbons (Fsp3) is 0.286. The van der Waals surface area contributed by atoms with Crippen LogP contribution in [0.5, 0.6) is 0 Å². The van der Waals surface area contributed by atoms with Gasteiger partial charge in [-0.05, 0) is 78.0 Å². The average Bonchev–Trinajstić information content (AvgIpc) is 3.24. The highest BCUT2D eigenvalue weighted by Gasteiger charge is 2.34. The smallest absolute Gasteiger partial charge is 0.0242 e. The second kappa shape index (κ2) is 6.21. The van der Waals surface area contributed by atoms with Gasteiger partial charge in [0.15, 0.2) is 0 Å². The van der Waals surface area contributed by atoms with Crippen LogP contribution < -0.4 is 0 Å². The largest absolute Gasteiger partial charge is 0.0697 e. The zero-order valence-corrected chi connectivity index (χ0v) is 16.5. The summed E-state index contributed by atoms with van der Waals surface area (Å²) in [6.45, 7) is 2.34. The first-order chi connectivity index (χ1) is 13.8. The molecule has 0 radical (unpaired) electrons. The lowest BCUT2D eigenvalue weighted by Gasteiger charge is -2.28. The van der Waals surface area contributed by atoms with Crippen LogP contribution in [-0.2, 0) is 0 Å². The highest BCUT2D eigenvalue weighted by atomic mass is 14.4. The summed E-state index contributed by atoms with van der Waals surface area (Å²) in [6.07, 6.45) is 13.9. The first-order valence-corrected chi connectivity index (χ1v) is 10.8. The topological polar surface area (TPSA) is 0 Å². The Hall–Kier alpha value is -2.60. The molecule has 0 saturated heterocycles. The molecule has 2 aromatic rings. The SMILES string of the molecule is CC1=CC2C(=C1CC1c3ccccc3-c3ccccc31)C=CC1=C2CCCC1. The van der Waals surface area contributed by atoms with Gasteiger partial charge in [-0.3, -0.25) is 0 Å². The molecule has 6 rings (SSSR count). The van der Waals surface area contributed by atoms with Crippen LogP contribution >= 0.6 is 0 Å². The quantitative estimate of drug-likeness (QED) is 0.519. The van der Waals surface area contributed by atoms with E-state index in [1.54, 1.807) is 22.3 Å². The Balaban J connectivity index is 1.43. The van der Waals surface area contributed by atoms with Crippen molar-refractivity contribution < 1.29 is 0 Å². The molecule has 0 N–H and O–H groups in total. The summed E-state index contributed by atoms with van der Waals surface area (Å²) < 4.78 is 0. The van der Waals surface area contributed by atoms with Gasteiger partial charge in [0.1, 0.15) is 0 Å². The van der Waals surface area contributed by atoms with E-state index in [1.165, 1.54) is 53.5 Å². The van der Waals surface area contributed by atoms with Crippen molar-refractivity contribution in [1.82, 2.24) is 0 Å². The van der Waals surface area contributed by atoms with Crippen LogP contribution in [0.4, 0.5) is 0 Å². The van der Waals surface area contributed by atoms with Crippen LogP contribution in [0.3, 0.4) is 0 Å². The van der Waals surface area contributed by atoms with Gasteiger partial charge in [0.05, 0.1) is 0 Å². The number of benzene rings is 2. The van der Waals surface area contributed by atoms with Crippen molar-refractivity contribution >= 4 is 0 Å². The van der Waals surface area contributed by atoms with Gasteiger partial charge >= 0.3 is 0 Å². The Morgan fingerprint density at radius 2 is 1.50 bits per heavy atom. The summed E-state index contributed by atoms with van der Waals surface area (Å²) in [5, 5.41) is 0. The Labute approximate surface area is 168 Å². The zero-order valence-electron chi connectivity index (χ0n) is 16.5. The monoisotopic (exact) mass is 362 g/mol. The van der Waals surface area contributed by atoms with Crippen molar-refractivity contribution in [2.24, 2.45) is 5.92 Å². The predicted octanol–water partition coefficient (Wildman–Crippen LogP) is 7.50. The molecule has 0 amide bonds. The van der Waals surface area contributed by atoms with Crippen LogP contribution in [0.2, 0.25) is 0 Å². The van der Waals surface area contributed by atoms with Gasteiger partial charge in [0.25, 0.3) is 0 Å². The number of rotatable bonds is 2. The molecular weight excluding hydrogens is 336 g/mol. The minimum atomic E-state index is 0.479. The van der Waals surface area contributed by atoms with E-state index in [-0.39, 0.29) is 0 Å². The van der Waals surface area contributed by atoms with Crippen LogP contribution in [0.15, 0.2) is 94.6 Å². The lowest BCUT2D eigenvalue weighted by molar-refractivity contribution is 0.637. The minimum Gasteiger partial charge on any atom is -0.0697 e. The molecule has 28 heavy (non-hydrogen) atoms.